The van der Waals surface area contributed by atoms with Crippen LogP contribution in [-0.4, -0.2) is 32.8 Å². The first-order chi connectivity index (χ1) is 12.5. The number of alkyl halides is 2. The van der Waals surface area contributed by atoms with Gasteiger partial charge in [0.2, 0.25) is 0 Å². The molecule has 2 aromatic rings. The number of hydrogen-bond acceptors (Lipinski definition) is 5. The number of amidine groups is 1. The highest BCUT2D eigenvalue weighted by atomic mass is 79.9. The minimum Gasteiger partial charge on any atom is -0.493 e. The molecule has 0 aliphatic carbocycles. The van der Waals surface area contributed by atoms with Crippen LogP contribution in [0.25, 0.3) is 0 Å². The van der Waals surface area contributed by atoms with Crippen LogP contribution in [-0.2, 0) is 4.84 Å². The van der Waals surface area contributed by atoms with Crippen LogP contribution in [0.5, 0.6) is 17.2 Å². The Morgan fingerprint density at radius 1 is 1.15 bits per heavy atom. The number of rotatable bonds is 9. The molecule has 0 amide bonds. The fourth-order valence-electron chi connectivity index (χ4n) is 1.94. The molecule has 2 aromatic carbocycles. The van der Waals surface area contributed by atoms with Gasteiger partial charge in [-0.25, -0.2) is 0 Å². The van der Waals surface area contributed by atoms with Gasteiger partial charge in [-0.1, -0.05) is 27.2 Å². The van der Waals surface area contributed by atoms with Gasteiger partial charge in [0.05, 0.1) is 7.11 Å². The van der Waals surface area contributed by atoms with Crippen LogP contribution in [0.3, 0.4) is 0 Å². The van der Waals surface area contributed by atoms with Crippen molar-refractivity contribution < 1.29 is 27.8 Å². The Labute approximate surface area is 157 Å². The summed E-state index contributed by atoms with van der Waals surface area (Å²) in [5, 5.41) is 3.77. The SMILES string of the molecule is COc1cc(/C(N)=N/OCCOc2cccc(Br)c2)ccc1OC(F)F. The fourth-order valence-corrected chi connectivity index (χ4v) is 2.32. The van der Waals surface area contributed by atoms with Crippen LogP contribution >= 0.6 is 15.9 Å². The van der Waals surface area contributed by atoms with Crippen LogP contribution in [0.1, 0.15) is 5.56 Å². The molecule has 6 nitrogen and oxygen atoms in total. The maximum absolute atomic E-state index is 12.3. The van der Waals surface area contributed by atoms with Crippen LogP contribution in [0, 0.1) is 0 Å². The predicted molar refractivity (Wildman–Crippen MR) is 95.9 cm³/mol. The first-order valence-electron chi connectivity index (χ1n) is 7.46. The van der Waals surface area contributed by atoms with E-state index in [1.807, 2.05) is 24.3 Å². The second-order valence-electron chi connectivity index (χ2n) is 4.86. The molecule has 0 radical (unpaired) electrons. The van der Waals surface area contributed by atoms with Gasteiger partial charge in [-0.2, -0.15) is 8.78 Å². The van der Waals surface area contributed by atoms with Crippen LogP contribution < -0.4 is 19.9 Å². The largest absolute Gasteiger partial charge is 0.493 e. The number of nitrogens with zero attached hydrogens (tertiary/aromatic N) is 1. The number of hydrogen-bond donors (Lipinski definition) is 1. The van der Waals surface area contributed by atoms with Gasteiger partial charge < -0.3 is 24.8 Å². The van der Waals surface area contributed by atoms with E-state index in [9.17, 15) is 8.78 Å². The third kappa shape index (κ3) is 6.07. The van der Waals surface area contributed by atoms with Crippen LogP contribution in [0.2, 0.25) is 0 Å². The van der Waals surface area contributed by atoms with Crippen molar-refractivity contribution in [1.82, 2.24) is 0 Å². The lowest BCUT2D eigenvalue weighted by molar-refractivity contribution is -0.0512. The van der Waals surface area contributed by atoms with Crippen molar-refractivity contribution in [2.45, 2.75) is 6.61 Å². The average molecular weight is 431 g/mol. The molecule has 0 unspecified atom stereocenters. The molecule has 0 fully saturated rings. The fraction of sp³-hybridized carbons (Fsp3) is 0.235. The second kappa shape index (κ2) is 9.81. The minimum atomic E-state index is -2.95. The predicted octanol–water partition coefficient (Wildman–Crippen LogP) is 3.78. The van der Waals surface area contributed by atoms with E-state index in [0.717, 1.165) is 4.47 Å². The van der Waals surface area contributed by atoms with E-state index in [4.69, 9.17) is 20.0 Å². The van der Waals surface area contributed by atoms with Crippen LogP contribution in [0.4, 0.5) is 8.78 Å². The standard InChI is InChI=1S/C17H17BrF2N2O4/c1-23-15-9-11(5-6-14(15)26-17(19)20)16(21)22-25-8-7-24-13-4-2-3-12(18)10-13/h2-6,9-10,17H,7-8H2,1H3,(H2,21,22). The molecule has 26 heavy (non-hydrogen) atoms. The monoisotopic (exact) mass is 430 g/mol. The van der Waals surface area contributed by atoms with E-state index in [1.54, 1.807) is 0 Å². The summed E-state index contributed by atoms with van der Waals surface area (Å²) >= 11 is 3.35. The summed E-state index contributed by atoms with van der Waals surface area (Å²) in [5.41, 5.74) is 6.26. The summed E-state index contributed by atoms with van der Waals surface area (Å²) < 4.78 is 40.4. The van der Waals surface area contributed by atoms with E-state index < -0.39 is 6.61 Å². The molecular formula is C17H17BrF2N2O4. The highest BCUT2D eigenvalue weighted by Crippen LogP contribution is 2.29. The van der Waals surface area contributed by atoms with E-state index in [2.05, 4.69) is 25.8 Å². The summed E-state index contributed by atoms with van der Waals surface area (Å²) in [6.45, 7) is -2.50. The Morgan fingerprint density at radius 3 is 2.65 bits per heavy atom. The van der Waals surface area contributed by atoms with Gasteiger partial charge in [-0.15, -0.1) is 0 Å². The molecule has 9 heteroatoms. The zero-order valence-electron chi connectivity index (χ0n) is 13.8. The molecular weight excluding hydrogens is 414 g/mol. The molecule has 0 aromatic heterocycles. The first-order valence-corrected chi connectivity index (χ1v) is 8.26. The van der Waals surface area contributed by atoms with Gasteiger partial charge in [0.25, 0.3) is 0 Å². The molecule has 0 heterocycles. The molecule has 0 spiro atoms. The Balaban J connectivity index is 1.88. The Hall–Kier alpha value is -2.55. The van der Waals surface area contributed by atoms with Gasteiger partial charge in [0.15, 0.2) is 23.9 Å². The molecule has 2 N–H and O–H groups in total. The van der Waals surface area contributed by atoms with E-state index in [1.165, 1.54) is 25.3 Å². The number of nitrogens with two attached hydrogens (primary N) is 1. The van der Waals surface area contributed by atoms with Crippen molar-refractivity contribution in [3.8, 4) is 17.2 Å². The number of oxime groups is 1. The van der Waals surface area contributed by atoms with E-state index in [0.29, 0.717) is 11.3 Å². The number of halogens is 3. The van der Waals surface area contributed by atoms with Crippen LogP contribution in [0.15, 0.2) is 52.1 Å². The minimum absolute atomic E-state index is 0.0642. The number of methoxy groups -OCH3 is 1. The number of ether oxygens (including phenoxy) is 3. The van der Waals surface area contributed by atoms with Gasteiger partial charge >= 0.3 is 6.61 Å². The first kappa shape index (κ1) is 19.8. The van der Waals surface area contributed by atoms with Gasteiger partial charge in [0, 0.05) is 10.0 Å². The Bertz CT molecular complexity index is 759. The van der Waals surface area contributed by atoms with Crippen molar-refractivity contribution in [3.63, 3.8) is 0 Å². The summed E-state index contributed by atoms with van der Waals surface area (Å²) in [4.78, 5) is 5.10. The molecule has 0 bridgehead atoms. The zero-order valence-corrected chi connectivity index (χ0v) is 15.4. The molecule has 0 saturated heterocycles. The molecule has 0 aliphatic rings. The molecule has 0 atom stereocenters. The summed E-state index contributed by atoms with van der Waals surface area (Å²) in [5.74, 6) is 0.773. The number of benzene rings is 2. The zero-order chi connectivity index (χ0) is 18.9. The van der Waals surface area contributed by atoms with Crippen molar-refractivity contribution in [1.29, 1.82) is 0 Å². The van der Waals surface area contributed by atoms with E-state index >= 15 is 0 Å². The van der Waals surface area contributed by atoms with E-state index in [-0.39, 0.29) is 30.5 Å². The lowest BCUT2D eigenvalue weighted by atomic mass is 10.2. The van der Waals surface area contributed by atoms with Crippen molar-refractivity contribution in [3.05, 3.63) is 52.5 Å². The topological polar surface area (TPSA) is 75.3 Å². The Morgan fingerprint density at radius 2 is 1.96 bits per heavy atom. The van der Waals surface area contributed by atoms with Gasteiger partial charge in [-0.3, -0.25) is 0 Å². The normalized spacial score (nSPS) is 11.3. The highest BCUT2D eigenvalue weighted by molar-refractivity contribution is 9.10. The molecule has 2 rings (SSSR count). The maximum Gasteiger partial charge on any atom is 0.387 e. The van der Waals surface area contributed by atoms with Crippen molar-refractivity contribution in [2.24, 2.45) is 10.9 Å². The summed E-state index contributed by atoms with van der Waals surface area (Å²) in [7, 11) is 1.33. The average Bonchev–Trinajstić information content (AvgIpc) is 2.61. The van der Waals surface area contributed by atoms with Crippen molar-refractivity contribution in [2.75, 3.05) is 20.3 Å². The summed E-state index contributed by atoms with van der Waals surface area (Å²) in [6.07, 6.45) is 0. The Kier molecular flexibility index (Phi) is 7.46. The third-order valence-corrected chi connectivity index (χ3v) is 3.57. The lowest BCUT2D eigenvalue weighted by Crippen LogP contribution is -2.15. The molecule has 140 valence electrons. The maximum atomic E-state index is 12.3. The third-order valence-electron chi connectivity index (χ3n) is 3.08. The second-order valence-corrected chi connectivity index (χ2v) is 5.78. The smallest absolute Gasteiger partial charge is 0.387 e. The lowest BCUT2D eigenvalue weighted by Gasteiger charge is -2.11. The highest BCUT2D eigenvalue weighted by Gasteiger charge is 2.12. The molecule has 0 aliphatic heterocycles. The van der Waals surface area contributed by atoms with Gasteiger partial charge in [0.1, 0.15) is 12.4 Å². The van der Waals surface area contributed by atoms with Crippen molar-refractivity contribution >= 4 is 21.8 Å². The summed E-state index contributed by atoms with van der Waals surface area (Å²) in [6, 6.07) is 11.6. The van der Waals surface area contributed by atoms with Gasteiger partial charge in [-0.05, 0) is 36.4 Å². The molecule has 0 saturated carbocycles. The quantitative estimate of drug-likeness (QED) is 0.283.